The zero-order valence-corrected chi connectivity index (χ0v) is 15.4. The van der Waals surface area contributed by atoms with Crippen LogP contribution in [0.1, 0.15) is 5.01 Å². The SMILES string of the molecule is COc1ccc(-c2csc(/C(C#N)=C\Nc3cc([N+](=O)[O-])ccc3F)n2)cc1. The molecule has 1 heterocycles. The van der Waals surface area contributed by atoms with Crippen LogP contribution in [0.5, 0.6) is 5.75 Å². The Morgan fingerprint density at radius 3 is 2.75 bits per heavy atom. The first-order valence-corrected chi connectivity index (χ1v) is 8.81. The molecule has 0 fully saturated rings. The maximum absolute atomic E-state index is 13.9. The van der Waals surface area contributed by atoms with Gasteiger partial charge in [-0.25, -0.2) is 9.37 Å². The van der Waals surface area contributed by atoms with E-state index in [1.54, 1.807) is 12.5 Å². The highest BCUT2D eigenvalue weighted by Gasteiger charge is 2.12. The molecule has 0 bridgehead atoms. The smallest absolute Gasteiger partial charge is 0.271 e. The van der Waals surface area contributed by atoms with Gasteiger partial charge in [0.05, 0.1) is 23.4 Å². The van der Waals surface area contributed by atoms with Gasteiger partial charge in [-0.15, -0.1) is 11.3 Å². The Morgan fingerprint density at radius 1 is 1.36 bits per heavy atom. The van der Waals surface area contributed by atoms with Crippen LogP contribution >= 0.6 is 11.3 Å². The first-order valence-electron chi connectivity index (χ1n) is 7.93. The second-order valence-corrected chi connectivity index (χ2v) is 6.36. The summed E-state index contributed by atoms with van der Waals surface area (Å²) in [5.41, 5.74) is 1.36. The molecule has 0 atom stereocenters. The third-order valence-corrected chi connectivity index (χ3v) is 4.65. The van der Waals surface area contributed by atoms with Gasteiger partial charge >= 0.3 is 0 Å². The number of nitro groups is 1. The number of anilines is 1. The van der Waals surface area contributed by atoms with Crippen molar-refractivity contribution in [2.45, 2.75) is 0 Å². The monoisotopic (exact) mass is 396 g/mol. The molecule has 0 unspecified atom stereocenters. The van der Waals surface area contributed by atoms with E-state index >= 15 is 0 Å². The van der Waals surface area contributed by atoms with Gasteiger partial charge < -0.3 is 10.1 Å². The Hall–Kier alpha value is -3.77. The number of hydrogen-bond acceptors (Lipinski definition) is 7. The van der Waals surface area contributed by atoms with Crippen molar-refractivity contribution in [3.63, 3.8) is 0 Å². The summed E-state index contributed by atoms with van der Waals surface area (Å²) in [4.78, 5) is 14.6. The van der Waals surface area contributed by atoms with Crippen LogP contribution in [0.2, 0.25) is 0 Å². The molecule has 28 heavy (non-hydrogen) atoms. The number of ether oxygens (including phenoxy) is 1. The zero-order chi connectivity index (χ0) is 20.1. The van der Waals surface area contributed by atoms with E-state index in [9.17, 15) is 19.8 Å². The van der Waals surface area contributed by atoms with E-state index in [0.29, 0.717) is 10.7 Å². The lowest BCUT2D eigenvalue weighted by Gasteiger charge is -2.03. The Morgan fingerprint density at radius 2 is 2.11 bits per heavy atom. The fraction of sp³-hybridized carbons (Fsp3) is 0.0526. The number of hydrogen-bond donors (Lipinski definition) is 1. The van der Waals surface area contributed by atoms with E-state index in [-0.39, 0.29) is 16.9 Å². The summed E-state index contributed by atoms with van der Waals surface area (Å²) in [5, 5.41) is 25.1. The van der Waals surface area contributed by atoms with Crippen LogP contribution in [-0.4, -0.2) is 17.0 Å². The lowest BCUT2D eigenvalue weighted by Crippen LogP contribution is -1.96. The van der Waals surface area contributed by atoms with Crippen molar-refractivity contribution < 1.29 is 14.1 Å². The summed E-state index contributed by atoms with van der Waals surface area (Å²) in [5.74, 6) is 0.0530. The average Bonchev–Trinajstić information content (AvgIpc) is 3.19. The molecule has 3 rings (SSSR count). The van der Waals surface area contributed by atoms with Gasteiger partial charge in [0.25, 0.3) is 5.69 Å². The maximum atomic E-state index is 13.9. The fourth-order valence-corrected chi connectivity index (χ4v) is 3.12. The highest BCUT2D eigenvalue weighted by molar-refractivity contribution is 7.11. The number of non-ortho nitro benzene ring substituents is 1. The van der Waals surface area contributed by atoms with E-state index in [4.69, 9.17) is 4.74 Å². The molecule has 3 aromatic rings. The van der Waals surface area contributed by atoms with Crippen molar-refractivity contribution in [2.24, 2.45) is 0 Å². The number of allylic oxidation sites excluding steroid dienone is 1. The Kier molecular flexibility index (Phi) is 5.62. The number of rotatable bonds is 6. The summed E-state index contributed by atoms with van der Waals surface area (Å²) in [7, 11) is 1.58. The number of nitro benzene ring substituents is 1. The molecule has 2 aromatic carbocycles. The van der Waals surface area contributed by atoms with Crippen LogP contribution < -0.4 is 10.1 Å². The minimum atomic E-state index is -0.669. The second kappa shape index (κ2) is 8.28. The van der Waals surface area contributed by atoms with Crippen LogP contribution in [0.25, 0.3) is 16.8 Å². The zero-order valence-electron chi connectivity index (χ0n) is 14.5. The third kappa shape index (κ3) is 4.13. The molecule has 0 spiro atoms. The highest BCUT2D eigenvalue weighted by atomic mass is 32.1. The molecule has 0 aliphatic carbocycles. The quantitative estimate of drug-likeness (QED) is 0.363. The first-order chi connectivity index (χ1) is 13.5. The Balaban J connectivity index is 1.84. The Bertz CT molecular complexity index is 1090. The van der Waals surface area contributed by atoms with Crippen molar-refractivity contribution in [3.05, 3.63) is 75.0 Å². The first kappa shape index (κ1) is 19.0. The number of nitrogens with zero attached hydrogens (tertiary/aromatic N) is 3. The van der Waals surface area contributed by atoms with Gasteiger partial charge in [-0.1, -0.05) is 0 Å². The molecular weight excluding hydrogens is 383 g/mol. The van der Waals surface area contributed by atoms with Gasteiger partial charge in [-0.2, -0.15) is 5.26 Å². The molecule has 7 nitrogen and oxygen atoms in total. The molecule has 140 valence electrons. The van der Waals surface area contributed by atoms with Crippen LogP contribution in [0, 0.1) is 27.3 Å². The van der Waals surface area contributed by atoms with Crippen LogP contribution in [0.4, 0.5) is 15.8 Å². The summed E-state index contributed by atoms with van der Waals surface area (Å²) in [6, 6.07) is 12.4. The topological polar surface area (TPSA) is 101 Å². The predicted octanol–water partition coefficient (Wildman–Crippen LogP) is 4.84. The minimum Gasteiger partial charge on any atom is -0.497 e. The van der Waals surface area contributed by atoms with Crippen LogP contribution in [0.3, 0.4) is 0 Å². The summed E-state index contributed by atoms with van der Waals surface area (Å²) < 4.78 is 19.0. The van der Waals surface area contributed by atoms with Gasteiger partial charge in [0.2, 0.25) is 0 Å². The van der Waals surface area contributed by atoms with E-state index < -0.39 is 10.7 Å². The molecule has 0 aliphatic heterocycles. The number of nitrogens with one attached hydrogen (secondary N) is 1. The standard InChI is InChI=1S/C19H13FN4O3S/c1-27-15-5-2-12(3-6-15)18-11-28-19(23-18)13(9-21)10-22-17-8-14(24(25)26)4-7-16(17)20/h2-8,10-11,22H,1H3/b13-10-. The van der Waals surface area contributed by atoms with E-state index in [0.717, 1.165) is 29.5 Å². The molecule has 9 heteroatoms. The highest BCUT2D eigenvalue weighted by Crippen LogP contribution is 2.28. The fourth-order valence-electron chi connectivity index (χ4n) is 2.32. The second-order valence-electron chi connectivity index (χ2n) is 5.50. The molecule has 0 radical (unpaired) electrons. The van der Waals surface area contributed by atoms with Crippen LogP contribution in [0.15, 0.2) is 54.0 Å². The van der Waals surface area contributed by atoms with Gasteiger partial charge in [0.15, 0.2) is 0 Å². The van der Waals surface area contributed by atoms with Crippen molar-refractivity contribution >= 4 is 28.3 Å². The average molecular weight is 396 g/mol. The van der Waals surface area contributed by atoms with Crippen molar-refractivity contribution in [1.29, 1.82) is 5.26 Å². The number of benzene rings is 2. The van der Waals surface area contributed by atoms with Gasteiger partial charge in [0, 0.05) is 29.3 Å². The third-order valence-electron chi connectivity index (χ3n) is 3.77. The number of aromatic nitrogens is 1. The van der Waals surface area contributed by atoms with Gasteiger partial charge in [0.1, 0.15) is 28.2 Å². The number of nitriles is 1. The number of thiazole rings is 1. The number of methoxy groups -OCH3 is 1. The van der Waals surface area contributed by atoms with Crippen LogP contribution in [-0.2, 0) is 0 Å². The molecule has 0 aliphatic rings. The van der Waals surface area contributed by atoms with Crippen molar-refractivity contribution in [3.8, 4) is 23.1 Å². The molecule has 0 saturated carbocycles. The van der Waals surface area contributed by atoms with E-state index in [2.05, 4.69) is 10.3 Å². The lowest BCUT2D eigenvalue weighted by atomic mass is 10.2. The normalized spacial score (nSPS) is 11.0. The molecule has 0 saturated heterocycles. The molecule has 1 aromatic heterocycles. The maximum Gasteiger partial charge on any atom is 0.271 e. The largest absolute Gasteiger partial charge is 0.497 e. The van der Waals surface area contributed by atoms with E-state index in [1.165, 1.54) is 17.5 Å². The van der Waals surface area contributed by atoms with Crippen molar-refractivity contribution in [2.75, 3.05) is 12.4 Å². The van der Waals surface area contributed by atoms with Gasteiger partial charge in [-0.05, 0) is 30.3 Å². The van der Waals surface area contributed by atoms with Gasteiger partial charge in [-0.3, -0.25) is 10.1 Å². The summed E-state index contributed by atoms with van der Waals surface area (Å²) >= 11 is 1.26. The molecular formula is C19H13FN4O3S. The summed E-state index contributed by atoms with van der Waals surface area (Å²) in [6.07, 6.45) is 1.28. The summed E-state index contributed by atoms with van der Waals surface area (Å²) in [6.45, 7) is 0. The lowest BCUT2D eigenvalue weighted by molar-refractivity contribution is -0.384. The Labute approximate surface area is 163 Å². The number of halogens is 1. The predicted molar refractivity (Wildman–Crippen MR) is 104 cm³/mol. The minimum absolute atomic E-state index is 0.103. The molecule has 1 N–H and O–H groups in total. The van der Waals surface area contributed by atoms with E-state index in [1.807, 2.05) is 30.3 Å². The molecule has 0 amide bonds. The van der Waals surface area contributed by atoms with Crippen molar-refractivity contribution in [1.82, 2.24) is 4.98 Å².